The Morgan fingerprint density at radius 1 is 1.44 bits per heavy atom. The molecule has 1 aromatic heterocycles. The summed E-state index contributed by atoms with van der Waals surface area (Å²) in [6.07, 6.45) is -5.43. The van der Waals surface area contributed by atoms with Crippen LogP contribution in [0.4, 0.5) is 19.0 Å². The summed E-state index contributed by atoms with van der Waals surface area (Å²) in [6, 6.07) is 1.82. The third kappa shape index (κ3) is 4.35. The molecular formula is C10H13F3N2O2S. The maximum absolute atomic E-state index is 12.6. The van der Waals surface area contributed by atoms with Crippen LogP contribution in [0.2, 0.25) is 0 Å². The molecule has 1 heterocycles. The van der Waals surface area contributed by atoms with E-state index in [0.717, 1.165) is 23.9 Å². The van der Waals surface area contributed by atoms with Gasteiger partial charge in [-0.15, -0.1) is 11.8 Å². The molecule has 0 radical (unpaired) electrons. The minimum Gasteiger partial charge on any atom is -0.394 e. The lowest BCUT2D eigenvalue weighted by Crippen LogP contribution is -2.15. The molecule has 0 aromatic carbocycles. The van der Waals surface area contributed by atoms with Gasteiger partial charge in [-0.1, -0.05) is 0 Å². The molecule has 0 aliphatic heterocycles. The van der Waals surface area contributed by atoms with Crippen molar-refractivity contribution in [3.05, 3.63) is 17.7 Å². The Morgan fingerprint density at radius 2 is 2.11 bits per heavy atom. The number of aliphatic hydroxyl groups is 2. The first kappa shape index (κ1) is 15.1. The fourth-order valence-electron chi connectivity index (χ4n) is 1.11. The highest BCUT2D eigenvalue weighted by Crippen LogP contribution is 2.33. The number of nitrogens with zero attached hydrogens (tertiary/aromatic N) is 1. The smallest absolute Gasteiger partial charge is 0.394 e. The summed E-state index contributed by atoms with van der Waals surface area (Å²) in [5.74, 6) is 0.180. The van der Waals surface area contributed by atoms with Crippen LogP contribution in [0.5, 0.6) is 0 Å². The maximum Gasteiger partial charge on any atom is 0.416 e. The minimum absolute atomic E-state index is 0.0773. The van der Waals surface area contributed by atoms with Crippen LogP contribution in [0.15, 0.2) is 17.2 Å². The van der Waals surface area contributed by atoms with Gasteiger partial charge < -0.3 is 15.5 Å². The fraction of sp³-hybridized carbons (Fsp3) is 0.500. The molecule has 8 heteroatoms. The number of aromatic nitrogens is 1. The Labute approximate surface area is 106 Å². The van der Waals surface area contributed by atoms with Crippen molar-refractivity contribution >= 4 is 17.6 Å². The fourth-order valence-corrected chi connectivity index (χ4v) is 1.95. The summed E-state index contributed by atoms with van der Waals surface area (Å²) < 4.78 is 37.8. The first-order chi connectivity index (χ1) is 8.36. The predicted octanol–water partition coefficient (Wildman–Crippen LogP) is 1.59. The van der Waals surface area contributed by atoms with E-state index in [4.69, 9.17) is 10.2 Å². The molecule has 0 aliphatic rings. The van der Waals surface area contributed by atoms with E-state index in [-0.39, 0.29) is 16.6 Å². The summed E-state index contributed by atoms with van der Waals surface area (Å²) in [7, 11) is 1.47. The van der Waals surface area contributed by atoms with Gasteiger partial charge in [0.15, 0.2) is 0 Å². The number of thioether (sulfide) groups is 1. The molecule has 1 aromatic rings. The molecule has 1 atom stereocenters. The molecule has 1 rings (SSSR count). The average molecular weight is 282 g/mol. The Bertz CT molecular complexity index is 401. The SMILES string of the molecule is CNc1cc(C(F)(F)F)cc(SCC(O)CO)n1. The summed E-state index contributed by atoms with van der Waals surface area (Å²) in [6.45, 7) is -0.440. The van der Waals surface area contributed by atoms with Gasteiger partial charge in [0.1, 0.15) is 5.82 Å². The molecule has 0 aliphatic carbocycles. The predicted molar refractivity (Wildman–Crippen MR) is 62.6 cm³/mol. The summed E-state index contributed by atoms with van der Waals surface area (Å²) in [5.41, 5.74) is -0.803. The molecule has 0 bridgehead atoms. The normalized spacial score (nSPS) is 13.4. The summed E-state index contributed by atoms with van der Waals surface area (Å²) in [4.78, 5) is 3.93. The number of halogens is 3. The molecular weight excluding hydrogens is 269 g/mol. The van der Waals surface area contributed by atoms with Gasteiger partial charge in [0, 0.05) is 12.8 Å². The molecule has 0 fully saturated rings. The van der Waals surface area contributed by atoms with Crippen molar-refractivity contribution < 1.29 is 23.4 Å². The molecule has 0 saturated heterocycles. The van der Waals surface area contributed by atoms with E-state index >= 15 is 0 Å². The second-order valence-corrected chi connectivity index (χ2v) is 4.51. The van der Waals surface area contributed by atoms with Crippen LogP contribution in [0.1, 0.15) is 5.56 Å². The number of aliphatic hydroxyl groups excluding tert-OH is 2. The zero-order chi connectivity index (χ0) is 13.8. The van der Waals surface area contributed by atoms with Gasteiger partial charge in [-0.25, -0.2) is 4.98 Å². The third-order valence-electron chi connectivity index (χ3n) is 2.02. The Morgan fingerprint density at radius 3 is 2.61 bits per heavy atom. The minimum atomic E-state index is -4.44. The first-order valence-corrected chi connectivity index (χ1v) is 6.04. The Hall–Kier alpha value is -0.990. The van der Waals surface area contributed by atoms with Gasteiger partial charge in [-0.3, -0.25) is 0 Å². The van der Waals surface area contributed by atoms with Crippen LogP contribution in [0.25, 0.3) is 0 Å². The standard InChI is InChI=1S/C10H13F3N2O2S/c1-14-8-2-6(10(11,12)13)3-9(15-8)18-5-7(17)4-16/h2-3,7,16-17H,4-5H2,1H3,(H,14,15). The number of anilines is 1. The van der Waals surface area contributed by atoms with E-state index in [1.807, 2.05) is 0 Å². The highest BCUT2D eigenvalue weighted by molar-refractivity contribution is 7.99. The lowest BCUT2D eigenvalue weighted by Gasteiger charge is -2.12. The number of hydrogen-bond donors (Lipinski definition) is 3. The van der Waals surface area contributed by atoms with E-state index in [2.05, 4.69) is 10.3 Å². The molecule has 102 valence electrons. The van der Waals surface area contributed by atoms with Crippen molar-refractivity contribution in [2.24, 2.45) is 0 Å². The largest absolute Gasteiger partial charge is 0.416 e. The molecule has 0 spiro atoms. The summed E-state index contributed by atoms with van der Waals surface area (Å²) in [5, 5.41) is 20.4. The number of rotatable bonds is 5. The first-order valence-electron chi connectivity index (χ1n) is 5.05. The monoisotopic (exact) mass is 282 g/mol. The Balaban J connectivity index is 2.91. The van der Waals surface area contributed by atoms with Crippen molar-refractivity contribution in [2.75, 3.05) is 24.7 Å². The van der Waals surface area contributed by atoms with Crippen molar-refractivity contribution in [3.8, 4) is 0 Å². The van der Waals surface area contributed by atoms with Crippen molar-refractivity contribution in [1.82, 2.24) is 4.98 Å². The topological polar surface area (TPSA) is 65.4 Å². The summed E-state index contributed by atoms with van der Waals surface area (Å²) >= 11 is 0.952. The van der Waals surface area contributed by atoms with Gasteiger partial charge in [-0.2, -0.15) is 13.2 Å². The van der Waals surface area contributed by atoms with Crippen molar-refractivity contribution in [1.29, 1.82) is 0 Å². The van der Waals surface area contributed by atoms with Gasteiger partial charge in [-0.05, 0) is 12.1 Å². The van der Waals surface area contributed by atoms with Crippen LogP contribution in [-0.2, 0) is 6.18 Å². The number of pyridine rings is 1. The van der Waals surface area contributed by atoms with E-state index < -0.39 is 24.5 Å². The van der Waals surface area contributed by atoms with E-state index in [0.29, 0.717) is 0 Å². The molecule has 1 unspecified atom stereocenters. The van der Waals surface area contributed by atoms with Crippen LogP contribution in [0.3, 0.4) is 0 Å². The van der Waals surface area contributed by atoms with Gasteiger partial charge in [0.2, 0.25) is 0 Å². The molecule has 18 heavy (non-hydrogen) atoms. The number of alkyl halides is 3. The van der Waals surface area contributed by atoms with E-state index in [1.165, 1.54) is 7.05 Å². The third-order valence-corrected chi connectivity index (χ3v) is 3.08. The number of nitrogens with one attached hydrogen (secondary N) is 1. The van der Waals surface area contributed by atoms with Gasteiger partial charge in [0.05, 0.1) is 23.3 Å². The van der Waals surface area contributed by atoms with E-state index in [1.54, 1.807) is 0 Å². The van der Waals surface area contributed by atoms with Crippen molar-refractivity contribution in [2.45, 2.75) is 17.3 Å². The molecule has 0 saturated carbocycles. The lowest BCUT2D eigenvalue weighted by molar-refractivity contribution is -0.137. The van der Waals surface area contributed by atoms with Crippen LogP contribution in [0, 0.1) is 0 Å². The second kappa shape index (κ2) is 6.26. The maximum atomic E-state index is 12.6. The van der Waals surface area contributed by atoms with Gasteiger partial charge >= 0.3 is 6.18 Å². The quantitative estimate of drug-likeness (QED) is 0.716. The van der Waals surface area contributed by atoms with Crippen molar-refractivity contribution in [3.63, 3.8) is 0 Å². The Kier molecular flexibility index (Phi) is 5.24. The van der Waals surface area contributed by atoms with E-state index in [9.17, 15) is 13.2 Å². The molecule has 4 nitrogen and oxygen atoms in total. The average Bonchev–Trinajstić information content (AvgIpc) is 2.34. The van der Waals surface area contributed by atoms with Crippen LogP contribution < -0.4 is 5.32 Å². The second-order valence-electron chi connectivity index (χ2n) is 3.47. The zero-order valence-electron chi connectivity index (χ0n) is 9.53. The van der Waals surface area contributed by atoms with Gasteiger partial charge in [0.25, 0.3) is 0 Å². The van der Waals surface area contributed by atoms with Crippen LogP contribution >= 0.6 is 11.8 Å². The highest BCUT2D eigenvalue weighted by atomic mass is 32.2. The molecule has 0 amide bonds. The van der Waals surface area contributed by atoms with Crippen LogP contribution in [-0.4, -0.2) is 40.7 Å². The number of hydrogen-bond acceptors (Lipinski definition) is 5. The molecule has 3 N–H and O–H groups in total. The zero-order valence-corrected chi connectivity index (χ0v) is 10.3. The lowest BCUT2D eigenvalue weighted by atomic mass is 10.2. The highest BCUT2D eigenvalue weighted by Gasteiger charge is 2.31.